The molecule has 0 saturated heterocycles. The van der Waals surface area contributed by atoms with Crippen LogP contribution in [0.4, 0.5) is 0 Å². The Hall–Kier alpha value is -0.940. The highest BCUT2D eigenvalue weighted by Crippen LogP contribution is 1.95. The predicted octanol–water partition coefficient (Wildman–Crippen LogP) is -1.32. The monoisotopic (exact) mass is 156 g/mol. The van der Waals surface area contributed by atoms with Crippen molar-refractivity contribution >= 4 is 0 Å². The molecule has 0 fully saturated rings. The van der Waals surface area contributed by atoms with Crippen LogP contribution in [0.3, 0.4) is 0 Å². The van der Waals surface area contributed by atoms with E-state index >= 15 is 0 Å². The van der Waals surface area contributed by atoms with Gasteiger partial charge in [0.25, 0.3) is 0 Å². The normalized spacial score (nSPS) is 13.4. The van der Waals surface area contributed by atoms with Crippen molar-refractivity contribution in [3.05, 3.63) is 11.9 Å². The van der Waals surface area contributed by atoms with Gasteiger partial charge in [0.05, 0.1) is 18.0 Å². The molecule has 11 heavy (non-hydrogen) atoms. The smallest absolute Gasteiger partial charge is 0.0853 e. The van der Waals surface area contributed by atoms with Crippen LogP contribution in [0, 0.1) is 0 Å². The minimum absolute atomic E-state index is 0.260. The van der Waals surface area contributed by atoms with Crippen LogP contribution in [0.1, 0.15) is 5.69 Å². The summed E-state index contributed by atoms with van der Waals surface area (Å²) in [5.74, 6) is 0. The summed E-state index contributed by atoms with van der Waals surface area (Å²) in [7, 11) is 1.73. The van der Waals surface area contributed by atoms with Gasteiger partial charge in [-0.3, -0.25) is 0 Å². The van der Waals surface area contributed by atoms with E-state index in [1.165, 1.54) is 4.80 Å². The summed E-state index contributed by atoms with van der Waals surface area (Å²) in [5.41, 5.74) is 5.99. The zero-order valence-corrected chi connectivity index (χ0v) is 6.44. The lowest BCUT2D eigenvalue weighted by Gasteiger charge is -2.02. The maximum absolute atomic E-state index is 9.12. The van der Waals surface area contributed by atoms with Gasteiger partial charge in [0.2, 0.25) is 0 Å². The van der Waals surface area contributed by atoms with Gasteiger partial charge in [-0.1, -0.05) is 0 Å². The summed E-state index contributed by atoms with van der Waals surface area (Å²) in [6, 6.07) is 0. The number of hydrogen-bond acceptors (Lipinski definition) is 4. The Morgan fingerprint density at radius 2 is 2.55 bits per heavy atom. The van der Waals surface area contributed by atoms with Crippen LogP contribution in [0.2, 0.25) is 0 Å². The lowest BCUT2D eigenvalue weighted by atomic mass is 10.2. The number of aliphatic hydroxyl groups is 1. The second-order valence-electron chi connectivity index (χ2n) is 2.42. The summed E-state index contributed by atoms with van der Waals surface area (Å²) in [6.07, 6.45) is 1.59. The third-order valence-electron chi connectivity index (χ3n) is 1.36. The number of hydrogen-bond donors (Lipinski definition) is 2. The first-order chi connectivity index (χ1) is 5.22. The minimum atomic E-state index is -0.508. The molecule has 0 aliphatic rings. The second kappa shape index (κ2) is 3.45. The number of aliphatic hydroxyl groups excluding tert-OH is 1. The molecule has 0 saturated carbocycles. The molecule has 1 aromatic heterocycles. The Labute approximate surface area is 64.8 Å². The Kier molecular flexibility index (Phi) is 2.56. The fraction of sp³-hybridized carbons (Fsp3) is 0.667. The molecule has 0 aliphatic heterocycles. The summed E-state index contributed by atoms with van der Waals surface area (Å²) in [5, 5.41) is 17.0. The Morgan fingerprint density at radius 1 is 1.82 bits per heavy atom. The van der Waals surface area contributed by atoms with Crippen LogP contribution in [0.5, 0.6) is 0 Å². The van der Waals surface area contributed by atoms with Crippen molar-refractivity contribution < 1.29 is 5.11 Å². The molecule has 1 rings (SSSR count). The van der Waals surface area contributed by atoms with Gasteiger partial charge in [0.15, 0.2) is 0 Å². The van der Waals surface area contributed by atoms with Crippen LogP contribution < -0.4 is 5.73 Å². The molecule has 62 valence electrons. The molecule has 0 amide bonds. The van der Waals surface area contributed by atoms with Crippen molar-refractivity contribution in [1.82, 2.24) is 15.0 Å². The molecule has 0 radical (unpaired) electrons. The summed E-state index contributed by atoms with van der Waals surface area (Å²) in [6.45, 7) is 0.260. The quantitative estimate of drug-likeness (QED) is 0.569. The fourth-order valence-corrected chi connectivity index (χ4v) is 0.806. The predicted molar refractivity (Wildman–Crippen MR) is 39.8 cm³/mol. The SMILES string of the molecule is Cn1ncc(CC(O)CN)n1. The van der Waals surface area contributed by atoms with E-state index in [2.05, 4.69) is 10.2 Å². The molecular weight excluding hydrogens is 144 g/mol. The van der Waals surface area contributed by atoms with Crippen LogP contribution in [0.15, 0.2) is 6.20 Å². The van der Waals surface area contributed by atoms with E-state index < -0.39 is 6.10 Å². The van der Waals surface area contributed by atoms with E-state index in [1.807, 2.05) is 0 Å². The molecule has 1 aromatic rings. The molecule has 3 N–H and O–H groups in total. The highest BCUT2D eigenvalue weighted by atomic mass is 16.3. The summed E-state index contributed by atoms with van der Waals surface area (Å²) < 4.78 is 0. The topological polar surface area (TPSA) is 77.0 Å². The molecule has 1 unspecified atom stereocenters. The Morgan fingerprint density at radius 3 is 3.00 bits per heavy atom. The van der Waals surface area contributed by atoms with E-state index in [4.69, 9.17) is 10.8 Å². The van der Waals surface area contributed by atoms with Gasteiger partial charge in [-0.05, 0) is 0 Å². The first-order valence-corrected chi connectivity index (χ1v) is 3.45. The first-order valence-electron chi connectivity index (χ1n) is 3.45. The minimum Gasteiger partial charge on any atom is -0.391 e. The van der Waals surface area contributed by atoms with Crippen LogP contribution in [-0.4, -0.2) is 32.7 Å². The molecule has 0 aromatic carbocycles. The maximum atomic E-state index is 9.12. The number of rotatable bonds is 3. The van der Waals surface area contributed by atoms with E-state index in [1.54, 1.807) is 13.2 Å². The highest BCUT2D eigenvalue weighted by molar-refractivity contribution is 4.93. The number of aryl methyl sites for hydroxylation is 1. The average molecular weight is 156 g/mol. The molecule has 0 spiro atoms. The van der Waals surface area contributed by atoms with Crippen molar-refractivity contribution in [2.45, 2.75) is 12.5 Å². The zero-order chi connectivity index (χ0) is 8.27. The standard InChI is InChI=1S/C6H12N4O/c1-10-8-4-5(9-10)2-6(11)3-7/h4,6,11H,2-3,7H2,1H3. The van der Waals surface area contributed by atoms with Gasteiger partial charge in [-0.25, -0.2) is 0 Å². The second-order valence-corrected chi connectivity index (χ2v) is 2.42. The van der Waals surface area contributed by atoms with E-state index in [9.17, 15) is 0 Å². The molecule has 5 heteroatoms. The van der Waals surface area contributed by atoms with Gasteiger partial charge < -0.3 is 10.8 Å². The van der Waals surface area contributed by atoms with Crippen molar-refractivity contribution in [2.75, 3.05) is 6.54 Å². The van der Waals surface area contributed by atoms with Gasteiger partial charge in [0.1, 0.15) is 0 Å². The maximum Gasteiger partial charge on any atom is 0.0853 e. The molecule has 5 nitrogen and oxygen atoms in total. The Bertz CT molecular complexity index is 222. The Balaban J connectivity index is 2.50. The average Bonchev–Trinajstić information content (AvgIpc) is 2.35. The lowest BCUT2D eigenvalue weighted by molar-refractivity contribution is 0.182. The third-order valence-corrected chi connectivity index (χ3v) is 1.36. The highest BCUT2D eigenvalue weighted by Gasteiger charge is 2.05. The largest absolute Gasteiger partial charge is 0.391 e. The van der Waals surface area contributed by atoms with Crippen LogP contribution in [0.25, 0.3) is 0 Å². The number of nitrogens with two attached hydrogens (primary N) is 1. The molecule has 0 aliphatic carbocycles. The van der Waals surface area contributed by atoms with Crippen LogP contribution >= 0.6 is 0 Å². The van der Waals surface area contributed by atoms with Gasteiger partial charge >= 0.3 is 0 Å². The lowest BCUT2D eigenvalue weighted by Crippen LogP contribution is -2.22. The summed E-state index contributed by atoms with van der Waals surface area (Å²) >= 11 is 0. The molecule has 1 heterocycles. The molecule has 0 bridgehead atoms. The third kappa shape index (κ3) is 2.28. The fourth-order valence-electron chi connectivity index (χ4n) is 0.806. The molecular formula is C6H12N4O. The number of aromatic nitrogens is 3. The van der Waals surface area contributed by atoms with Gasteiger partial charge in [0, 0.05) is 20.0 Å². The van der Waals surface area contributed by atoms with Crippen LogP contribution in [-0.2, 0) is 13.5 Å². The zero-order valence-electron chi connectivity index (χ0n) is 6.44. The van der Waals surface area contributed by atoms with Gasteiger partial charge in [-0.15, -0.1) is 0 Å². The number of nitrogens with zero attached hydrogens (tertiary/aromatic N) is 3. The van der Waals surface area contributed by atoms with Crippen molar-refractivity contribution in [3.8, 4) is 0 Å². The van der Waals surface area contributed by atoms with E-state index in [-0.39, 0.29) is 6.54 Å². The van der Waals surface area contributed by atoms with E-state index in [0.29, 0.717) is 6.42 Å². The summed E-state index contributed by atoms with van der Waals surface area (Å²) in [4.78, 5) is 1.46. The van der Waals surface area contributed by atoms with Crippen molar-refractivity contribution in [2.24, 2.45) is 12.8 Å². The molecule has 1 atom stereocenters. The first kappa shape index (κ1) is 8.16. The van der Waals surface area contributed by atoms with Crippen molar-refractivity contribution in [1.29, 1.82) is 0 Å². The van der Waals surface area contributed by atoms with Gasteiger partial charge in [-0.2, -0.15) is 15.0 Å². The van der Waals surface area contributed by atoms with E-state index in [0.717, 1.165) is 5.69 Å². The van der Waals surface area contributed by atoms with Crippen molar-refractivity contribution in [3.63, 3.8) is 0 Å².